The minimum absolute atomic E-state index is 0.171. The van der Waals surface area contributed by atoms with Crippen LogP contribution in [0.2, 0.25) is 5.02 Å². The first-order valence-corrected chi connectivity index (χ1v) is 8.81. The number of carbonyl (C=O) groups is 1. The molecule has 0 aliphatic heterocycles. The summed E-state index contributed by atoms with van der Waals surface area (Å²) >= 11 is 5.97. The normalized spacial score (nSPS) is 10.4. The Hall–Kier alpha value is -2.85. The van der Waals surface area contributed by atoms with Crippen molar-refractivity contribution >= 4 is 28.9 Å². The molecule has 1 aromatic heterocycles. The zero-order chi connectivity index (χ0) is 18.4. The van der Waals surface area contributed by atoms with Crippen molar-refractivity contribution in [3.05, 3.63) is 88.7 Å². The molecule has 1 heterocycles. The molecule has 5 heteroatoms. The number of aromatic nitrogens is 1. The number of hydrogen-bond donors (Lipinski definition) is 2. The van der Waals surface area contributed by atoms with Crippen LogP contribution in [-0.4, -0.2) is 17.4 Å². The summed E-state index contributed by atoms with van der Waals surface area (Å²) in [5.74, 6) is -0.171. The van der Waals surface area contributed by atoms with Crippen LogP contribution in [0.3, 0.4) is 0 Å². The summed E-state index contributed by atoms with van der Waals surface area (Å²) in [6.07, 6.45) is 2.45. The molecule has 0 fully saturated rings. The maximum absolute atomic E-state index is 12.2. The van der Waals surface area contributed by atoms with Crippen LogP contribution < -0.4 is 10.6 Å². The van der Waals surface area contributed by atoms with E-state index in [9.17, 15) is 4.79 Å². The first-order valence-electron chi connectivity index (χ1n) is 8.43. The molecule has 2 N–H and O–H groups in total. The fourth-order valence-corrected chi connectivity index (χ4v) is 2.81. The molecule has 4 nitrogen and oxygen atoms in total. The van der Waals surface area contributed by atoms with Gasteiger partial charge in [0.05, 0.1) is 11.9 Å². The van der Waals surface area contributed by atoms with Crippen molar-refractivity contribution in [2.75, 3.05) is 11.9 Å². The average Bonchev–Trinajstić information content (AvgIpc) is 2.65. The topological polar surface area (TPSA) is 54.0 Å². The van der Waals surface area contributed by atoms with Gasteiger partial charge in [0.2, 0.25) is 0 Å². The number of nitrogens with zero attached hydrogens (tertiary/aromatic N) is 1. The minimum Gasteiger partial charge on any atom is -0.354 e. The minimum atomic E-state index is -0.171. The molecule has 2 aromatic carbocycles. The molecular formula is C21H20ClN3O. The van der Waals surface area contributed by atoms with E-state index in [1.54, 1.807) is 12.3 Å². The van der Waals surface area contributed by atoms with Gasteiger partial charge in [0.25, 0.3) is 5.91 Å². The summed E-state index contributed by atoms with van der Waals surface area (Å²) in [5.41, 5.74) is 4.41. The smallest absolute Gasteiger partial charge is 0.269 e. The van der Waals surface area contributed by atoms with Gasteiger partial charge in [0, 0.05) is 17.3 Å². The quantitative estimate of drug-likeness (QED) is 0.662. The molecule has 1 amide bonds. The van der Waals surface area contributed by atoms with E-state index in [0.717, 1.165) is 23.4 Å². The van der Waals surface area contributed by atoms with E-state index in [0.29, 0.717) is 17.3 Å². The van der Waals surface area contributed by atoms with Gasteiger partial charge >= 0.3 is 0 Å². The number of halogens is 1. The van der Waals surface area contributed by atoms with E-state index < -0.39 is 0 Å². The molecule has 26 heavy (non-hydrogen) atoms. The molecule has 0 radical (unpaired) electrons. The second kappa shape index (κ2) is 8.50. The van der Waals surface area contributed by atoms with Gasteiger partial charge in [-0.3, -0.25) is 4.79 Å². The van der Waals surface area contributed by atoms with Gasteiger partial charge in [0.15, 0.2) is 0 Å². The predicted octanol–water partition coefficient (Wildman–Crippen LogP) is 4.76. The average molecular weight is 366 g/mol. The fraction of sp³-hybridized carbons (Fsp3) is 0.143. The zero-order valence-corrected chi connectivity index (χ0v) is 15.3. The Balaban J connectivity index is 1.55. The molecule has 0 unspecified atom stereocenters. The Bertz CT molecular complexity index is 880. The van der Waals surface area contributed by atoms with Crippen LogP contribution in [0.25, 0.3) is 0 Å². The van der Waals surface area contributed by atoms with E-state index in [1.807, 2.05) is 61.5 Å². The molecule has 0 spiro atoms. The molecule has 0 saturated heterocycles. The van der Waals surface area contributed by atoms with Gasteiger partial charge < -0.3 is 10.6 Å². The number of nitrogens with one attached hydrogen (secondary N) is 2. The number of benzene rings is 2. The van der Waals surface area contributed by atoms with E-state index in [4.69, 9.17) is 11.6 Å². The Morgan fingerprint density at radius 2 is 1.88 bits per heavy atom. The summed E-state index contributed by atoms with van der Waals surface area (Å²) in [5, 5.41) is 6.88. The maximum Gasteiger partial charge on any atom is 0.269 e. The van der Waals surface area contributed by atoms with Crippen molar-refractivity contribution in [3.63, 3.8) is 0 Å². The standard InChI is InChI=1S/C21H20ClN3O/c1-15-13-17(22)7-9-19(15)25-18-8-10-20(24-14-18)21(26)23-12-11-16-5-3-2-4-6-16/h2-10,13-14,25H,11-12H2,1H3,(H,23,26). The monoisotopic (exact) mass is 365 g/mol. The van der Waals surface area contributed by atoms with Crippen LogP contribution in [0.4, 0.5) is 11.4 Å². The highest BCUT2D eigenvalue weighted by Crippen LogP contribution is 2.23. The molecule has 0 aliphatic carbocycles. The Labute approximate surface area is 158 Å². The van der Waals surface area contributed by atoms with Crippen molar-refractivity contribution in [2.45, 2.75) is 13.3 Å². The lowest BCUT2D eigenvalue weighted by atomic mass is 10.1. The number of rotatable bonds is 6. The van der Waals surface area contributed by atoms with Crippen LogP contribution in [-0.2, 0) is 6.42 Å². The predicted molar refractivity (Wildman–Crippen MR) is 106 cm³/mol. The molecule has 132 valence electrons. The summed E-state index contributed by atoms with van der Waals surface area (Å²) in [7, 11) is 0. The van der Waals surface area contributed by atoms with Gasteiger partial charge in [-0.05, 0) is 54.8 Å². The number of aryl methyl sites for hydroxylation is 1. The highest BCUT2D eigenvalue weighted by molar-refractivity contribution is 6.30. The molecule has 0 aliphatic rings. The Morgan fingerprint density at radius 3 is 2.58 bits per heavy atom. The van der Waals surface area contributed by atoms with E-state index >= 15 is 0 Å². The lowest BCUT2D eigenvalue weighted by Gasteiger charge is -2.10. The first-order chi connectivity index (χ1) is 12.6. The second-order valence-corrected chi connectivity index (χ2v) is 6.44. The molecular weight excluding hydrogens is 346 g/mol. The lowest BCUT2D eigenvalue weighted by Crippen LogP contribution is -2.26. The summed E-state index contributed by atoms with van der Waals surface area (Å²) in [4.78, 5) is 16.4. The molecule has 0 atom stereocenters. The van der Waals surface area contributed by atoms with Crippen LogP contribution >= 0.6 is 11.6 Å². The van der Waals surface area contributed by atoms with Crippen molar-refractivity contribution in [1.82, 2.24) is 10.3 Å². The number of amides is 1. The molecule has 3 rings (SSSR count). The third-order valence-corrected chi connectivity index (χ3v) is 4.24. The maximum atomic E-state index is 12.2. The van der Waals surface area contributed by atoms with Crippen molar-refractivity contribution in [2.24, 2.45) is 0 Å². The van der Waals surface area contributed by atoms with E-state index in [2.05, 4.69) is 15.6 Å². The fourth-order valence-electron chi connectivity index (χ4n) is 2.58. The van der Waals surface area contributed by atoms with Gasteiger partial charge in [-0.1, -0.05) is 41.9 Å². The van der Waals surface area contributed by atoms with Crippen molar-refractivity contribution in [3.8, 4) is 0 Å². The van der Waals surface area contributed by atoms with Gasteiger partial charge in [-0.2, -0.15) is 0 Å². The number of carbonyl (C=O) groups excluding carboxylic acids is 1. The van der Waals surface area contributed by atoms with Crippen LogP contribution in [0, 0.1) is 6.92 Å². The van der Waals surface area contributed by atoms with Crippen LogP contribution in [0.15, 0.2) is 66.9 Å². The largest absolute Gasteiger partial charge is 0.354 e. The highest BCUT2D eigenvalue weighted by atomic mass is 35.5. The molecule has 0 bridgehead atoms. The third-order valence-electron chi connectivity index (χ3n) is 4.01. The zero-order valence-electron chi connectivity index (χ0n) is 14.5. The van der Waals surface area contributed by atoms with Gasteiger partial charge in [-0.15, -0.1) is 0 Å². The van der Waals surface area contributed by atoms with Gasteiger partial charge in [0.1, 0.15) is 5.69 Å². The van der Waals surface area contributed by atoms with E-state index in [1.165, 1.54) is 5.56 Å². The van der Waals surface area contributed by atoms with Crippen molar-refractivity contribution < 1.29 is 4.79 Å². The lowest BCUT2D eigenvalue weighted by molar-refractivity contribution is 0.0949. The summed E-state index contributed by atoms with van der Waals surface area (Å²) < 4.78 is 0. The van der Waals surface area contributed by atoms with Crippen LogP contribution in [0.5, 0.6) is 0 Å². The van der Waals surface area contributed by atoms with Gasteiger partial charge in [-0.25, -0.2) is 4.98 Å². The summed E-state index contributed by atoms with van der Waals surface area (Å²) in [6.45, 7) is 2.56. The number of pyridine rings is 1. The number of anilines is 2. The highest BCUT2D eigenvalue weighted by Gasteiger charge is 2.07. The third kappa shape index (κ3) is 4.83. The first kappa shape index (κ1) is 18.0. The molecule has 3 aromatic rings. The van der Waals surface area contributed by atoms with Crippen molar-refractivity contribution in [1.29, 1.82) is 0 Å². The summed E-state index contributed by atoms with van der Waals surface area (Å²) in [6, 6.07) is 19.3. The molecule has 0 saturated carbocycles. The SMILES string of the molecule is Cc1cc(Cl)ccc1Nc1ccc(C(=O)NCCc2ccccc2)nc1. The second-order valence-electron chi connectivity index (χ2n) is 6.01. The number of hydrogen-bond acceptors (Lipinski definition) is 3. The van der Waals surface area contributed by atoms with Crippen LogP contribution in [0.1, 0.15) is 21.6 Å². The Morgan fingerprint density at radius 1 is 1.08 bits per heavy atom. The van der Waals surface area contributed by atoms with E-state index in [-0.39, 0.29) is 5.91 Å². The Kier molecular flexibility index (Phi) is 5.87.